The molecule has 0 spiro atoms. The molecule has 160 valence electrons. The van der Waals surface area contributed by atoms with Crippen molar-refractivity contribution in [2.75, 3.05) is 5.75 Å². The number of carbonyl (C=O) groups excluding carboxylic acids is 1. The lowest BCUT2D eigenvalue weighted by molar-refractivity contribution is 0.102. The van der Waals surface area contributed by atoms with Crippen molar-refractivity contribution < 1.29 is 13.9 Å². The summed E-state index contributed by atoms with van der Waals surface area (Å²) in [6.07, 6.45) is 6.48. The second kappa shape index (κ2) is 9.92. The standard InChI is InChI=1S/C24H24FN3O2S/c1-2-13-28-23(15-30-21-12-9-17-5-3-4-6-19(17)14-21)26-27-24(28)31-16-22(29)18-7-10-20(25)11-8-18/h2,7-12,14H,1,3-6,13,15-16H2. The molecule has 3 aromatic rings. The molecule has 0 N–H and O–H groups in total. The number of fused-ring (bicyclic) bond motifs is 1. The molecule has 0 aliphatic heterocycles. The number of allylic oxidation sites excluding steroid dienone is 1. The number of rotatable bonds is 9. The van der Waals surface area contributed by atoms with Gasteiger partial charge in [0, 0.05) is 12.1 Å². The van der Waals surface area contributed by atoms with Crippen LogP contribution in [-0.4, -0.2) is 26.3 Å². The second-order valence-electron chi connectivity index (χ2n) is 7.44. The van der Waals surface area contributed by atoms with Gasteiger partial charge in [-0.05, 0) is 73.2 Å². The Labute approximate surface area is 185 Å². The summed E-state index contributed by atoms with van der Waals surface area (Å²) in [4.78, 5) is 12.4. The summed E-state index contributed by atoms with van der Waals surface area (Å²) in [5, 5.41) is 9.12. The van der Waals surface area contributed by atoms with E-state index in [4.69, 9.17) is 4.74 Å². The molecule has 0 saturated carbocycles. The molecule has 0 radical (unpaired) electrons. The van der Waals surface area contributed by atoms with Gasteiger partial charge >= 0.3 is 0 Å². The molecule has 5 nitrogen and oxygen atoms in total. The maximum atomic E-state index is 13.1. The predicted octanol–water partition coefficient (Wildman–Crippen LogP) is 5.04. The highest BCUT2D eigenvalue weighted by molar-refractivity contribution is 7.99. The summed E-state index contributed by atoms with van der Waals surface area (Å²) in [5.41, 5.74) is 3.25. The molecule has 1 aliphatic carbocycles. The SMILES string of the molecule is C=CCn1c(COc2ccc3c(c2)CCCC3)nnc1SCC(=O)c1ccc(F)cc1. The van der Waals surface area contributed by atoms with Crippen LogP contribution in [0.4, 0.5) is 4.39 Å². The van der Waals surface area contributed by atoms with Crippen molar-refractivity contribution in [1.29, 1.82) is 0 Å². The molecule has 7 heteroatoms. The third-order valence-corrected chi connectivity index (χ3v) is 6.26. The molecule has 0 amide bonds. The lowest BCUT2D eigenvalue weighted by Gasteiger charge is -2.16. The van der Waals surface area contributed by atoms with Crippen molar-refractivity contribution in [2.45, 2.75) is 44.0 Å². The number of benzene rings is 2. The van der Waals surface area contributed by atoms with E-state index in [9.17, 15) is 9.18 Å². The molecule has 0 bridgehead atoms. The van der Waals surface area contributed by atoms with Crippen molar-refractivity contribution in [3.8, 4) is 5.75 Å². The molecule has 0 saturated heterocycles. The number of hydrogen-bond donors (Lipinski definition) is 0. The van der Waals surface area contributed by atoms with Gasteiger partial charge in [-0.25, -0.2) is 4.39 Å². The first-order chi connectivity index (χ1) is 15.1. The van der Waals surface area contributed by atoms with Crippen LogP contribution in [0.15, 0.2) is 60.3 Å². The molecule has 1 aromatic heterocycles. The maximum absolute atomic E-state index is 13.1. The summed E-state index contributed by atoms with van der Waals surface area (Å²) in [6, 6.07) is 11.8. The number of carbonyl (C=O) groups is 1. The summed E-state index contributed by atoms with van der Waals surface area (Å²) in [6.45, 7) is 4.61. The van der Waals surface area contributed by atoms with Gasteiger partial charge in [-0.1, -0.05) is 23.9 Å². The predicted molar refractivity (Wildman–Crippen MR) is 119 cm³/mol. The number of Topliss-reactive ketones (excluding diaryl/α,β-unsaturated/α-hetero) is 1. The molecule has 0 unspecified atom stereocenters. The zero-order valence-corrected chi connectivity index (χ0v) is 18.0. The van der Waals surface area contributed by atoms with Crippen LogP contribution in [0, 0.1) is 5.82 Å². The molecule has 31 heavy (non-hydrogen) atoms. The van der Waals surface area contributed by atoms with Crippen LogP contribution in [0.3, 0.4) is 0 Å². The van der Waals surface area contributed by atoms with Gasteiger partial charge in [-0.2, -0.15) is 0 Å². The first-order valence-corrected chi connectivity index (χ1v) is 11.3. The van der Waals surface area contributed by atoms with E-state index in [-0.39, 0.29) is 24.0 Å². The van der Waals surface area contributed by atoms with Crippen molar-refractivity contribution in [2.24, 2.45) is 0 Å². The third kappa shape index (κ3) is 5.22. The quantitative estimate of drug-likeness (QED) is 0.267. The first kappa shape index (κ1) is 21.3. The summed E-state index contributed by atoms with van der Waals surface area (Å²) in [7, 11) is 0. The van der Waals surface area contributed by atoms with Crippen LogP contribution in [-0.2, 0) is 26.0 Å². The highest BCUT2D eigenvalue weighted by Gasteiger charge is 2.16. The highest BCUT2D eigenvalue weighted by Crippen LogP contribution is 2.26. The van der Waals surface area contributed by atoms with E-state index in [0.29, 0.717) is 23.1 Å². The van der Waals surface area contributed by atoms with Gasteiger partial charge < -0.3 is 4.74 Å². The average Bonchev–Trinajstić information content (AvgIpc) is 3.18. The lowest BCUT2D eigenvalue weighted by atomic mass is 9.92. The Morgan fingerprint density at radius 3 is 2.68 bits per heavy atom. The van der Waals surface area contributed by atoms with Crippen LogP contribution in [0.2, 0.25) is 0 Å². The fourth-order valence-corrected chi connectivity index (χ4v) is 4.50. The first-order valence-electron chi connectivity index (χ1n) is 10.3. The number of ketones is 1. The van der Waals surface area contributed by atoms with Gasteiger partial charge in [-0.3, -0.25) is 9.36 Å². The van der Waals surface area contributed by atoms with Crippen molar-refractivity contribution in [3.63, 3.8) is 0 Å². The van der Waals surface area contributed by atoms with Crippen molar-refractivity contribution in [3.05, 3.63) is 83.5 Å². The largest absolute Gasteiger partial charge is 0.486 e. The van der Waals surface area contributed by atoms with Crippen LogP contribution in [0.25, 0.3) is 0 Å². The maximum Gasteiger partial charge on any atom is 0.192 e. The Balaban J connectivity index is 1.41. The van der Waals surface area contributed by atoms with Gasteiger partial charge in [0.1, 0.15) is 18.2 Å². The zero-order valence-electron chi connectivity index (χ0n) is 17.2. The lowest BCUT2D eigenvalue weighted by Crippen LogP contribution is -2.09. The van der Waals surface area contributed by atoms with E-state index in [1.807, 2.05) is 10.6 Å². The Hall–Kier alpha value is -2.93. The molecule has 2 aromatic carbocycles. The summed E-state index contributed by atoms with van der Waals surface area (Å²) >= 11 is 1.30. The molecular formula is C24H24FN3O2S. The molecule has 1 heterocycles. The van der Waals surface area contributed by atoms with Crippen LogP contribution >= 0.6 is 11.8 Å². The third-order valence-electron chi connectivity index (χ3n) is 5.29. The molecule has 1 aliphatic rings. The number of halogens is 1. The Kier molecular flexibility index (Phi) is 6.82. The highest BCUT2D eigenvalue weighted by atomic mass is 32.2. The monoisotopic (exact) mass is 437 g/mol. The Morgan fingerprint density at radius 1 is 1.13 bits per heavy atom. The van der Waals surface area contributed by atoms with E-state index >= 15 is 0 Å². The van der Waals surface area contributed by atoms with E-state index in [2.05, 4.69) is 28.9 Å². The minimum absolute atomic E-state index is 0.0926. The molecular weight excluding hydrogens is 413 g/mol. The molecule has 4 rings (SSSR count). The van der Waals surface area contributed by atoms with Crippen molar-refractivity contribution in [1.82, 2.24) is 14.8 Å². The fraction of sp³-hybridized carbons (Fsp3) is 0.292. The van der Waals surface area contributed by atoms with Crippen LogP contribution in [0.5, 0.6) is 5.75 Å². The van der Waals surface area contributed by atoms with Gasteiger partial charge in [-0.15, -0.1) is 16.8 Å². The minimum atomic E-state index is -0.363. The van der Waals surface area contributed by atoms with Gasteiger partial charge in [0.05, 0.1) is 5.75 Å². The molecule has 0 atom stereocenters. The van der Waals surface area contributed by atoms with E-state index in [1.165, 1.54) is 60.0 Å². The van der Waals surface area contributed by atoms with Crippen molar-refractivity contribution >= 4 is 17.5 Å². The van der Waals surface area contributed by atoms with E-state index in [1.54, 1.807) is 6.08 Å². The Morgan fingerprint density at radius 2 is 1.90 bits per heavy atom. The fourth-order valence-electron chi connectivity index (χ4n) is 3.64. The smallest absolute Gasteiger partial charge is 0.192 e. The number of nitrogens with zero attached hydrogens (tertiary/aromatic N) is 3. The van der Waals surface area contributed by atoms with Crippen LogP contribution in [0.1, 0.15) is 40.2 Å². The minimum Gasteiger partial charge on any atom is -0.486 e. The second-order valence-corrected chi connectivity index (χ2v) is 8.39. The number of aromatic nitrogens is 3. The zero-order chi connectivity index (χ0) is 21.6. The summed E-state index contributed by atoms with van der Waals surface area (Å²) in [5.74, 6) is 1.24. The number of aryl methyl sites for hydroxylation is 2. The summed E-state index contributed by atoms with van der Waals surface area (Å²) < 4.78 is 21.0. The van der Waals surface area contributed by atoms with Crippen LogP contribution < -0.4 is 4.74 Å². The number of thioether (sulfide) groups is 1. The molecule has 0 fully saturated rings. The Bertz CT molecular complexity index is 1080. The van der Waals surface area contributed by atoms with Gasteiger partial charge in [0.2, 0.25) is 0 Å². The average molecular weight is 438 g/mol. The number of ether oxygens (including phenoxy) is 1. The topological polar surface area (TPSA) is 57.0 Å². The van der Waals surface area contributed by atoms with Gasteiger partial charge in [0.15, 0.2) is 16.8 Å². The number of hydrogen-bond acceptors (Lipinski definition) is 5. The van der Waals surface area contributed by atoms with Gasteiger partial charge in [0.25, 0.3) is 0 Å². The van der Waals surface area contributed by atoms with E-state index in [0.717, 1.165) is 18.6 Å². The normalized spacial score (nSPS) is 12.9. The van der Waals surface area contributed by atoms with E-state index < -0.39 is 0 Å².